The van der Waals surface area contributed by atoms with Crippen molar-refractivity contribution in [2.75, 3.05) is 4.90 Å². The molecule has 0 radical (unpaired) electrons. The highest BCUT2D eigenvalue weighted by molar-refractivity contribution is 7.26. The Balaban J connectivity index is 0.989. The molecule has 276 valence electrons. The highest BCUT2D eigenvalue weighted by Gasteiger charge is 2.18. The molecule has 0 atom stereocenters. The lowest BCUT2D eigenvalue weighted by Gasteiger charge is -2.26. The minimum absolute atomic E-state index is 1.10. The van der Waals surface area contributed by atoms with Gasteiger partial charge in [0, 0.05) is 53.7 Å². The van der Waals surface area contributed by atoms with Crippen molar-refractivity contribution < 1.29 is 0 Å². The Bertz CT molecular complexity index is 3510. The molecule has 3 heteroatoms. The van der Waals surface area contributed by atoms with Gasteiger partial charge in [0.2, 0.25) is 0 Å². The van der Waals surface area contributed by atoms with E-state index in [0.29, 0.717) is 0 Å². The van der Waals surface area contributed by atoms with E-state index in [9.17, 15) is 0 Å². The predicted molar refractivity (Wildman–Crippen MR) is 254 cm³/mol. The molecule has 0 fully saturated rings. The molecule has 0 aliphatic heterocycles. The highest BCUT2D eigenvalue weighted by atomic mass is 32.1. The molecule has 10 aromatic carbocycles. The SMILES string of the molecule is c1cc(-c2cccc3ccccc23)cc(N(c2ccc(-c3cccc(-n4c5ccccc5c5ccccc54)c3)cc2)c2ccc3c(c2)sc2c4ccccc4ccc32)c1. The molecular formula is C56H36N2S. The van der Waals surface area contributed by atoms with E-state index in [1.165, 1.54) is 85.8 Å². The second-order valence-corrected chi connectivity index (χ2v) is 16.4. The first-order valence-corrected chi connectivity index (χ1v) is 21.0. The molecule has 0 spiro atoms. The molecule has 2 heterocycles. The molecule has 12 aromatic rings. The molecule has 0 unspecified atom stereocenters. The Morgan fingerprint density at radius 1 is 0.339 bits per heavy atom. The summed E-state index contributed by atoms with van der Waals surface area (Å²) in [6.07, 6.45) is 0. The first-order valence-electron chi connectivity index (χ1n) is 20.2. The largest absolute Gasteiger partial charge is 0.310 e. The fraction of sp³-hybridized carbons (Fsp3) is 0. The minimum Gasteiger partial charge on any atom is -0.310 e. The van der Waals surface area contributed by atoms with Crippen molar-refractivity contribution in [3.8, 4) is 27.9 Å². The first kappa shape index (κ1) is 33.7. The van der Waals surface area contributed by atoms with Gasteiger partial charge < -0.3 is 9.47 Å². The van der Waals surface area contributed by atoms with Gasteiger partial charge in [-0.25, -0.2) is 0 Å². The predicted octanol–water partition coefficient (Wildman–Crippen LogP) is 16.3. The lowest BCUT2D eigenvalue weighted by Crippen LogP contribution is -2.10. The topological polar surface area (TPSA) is 8.17 Å². The fourth-order valence-electron chi connectivity index (χ4n) is 9.20. The third-order valence-corrected chi connectivity index (χ3v) is 13.2. The standard InChI is InChI=1S/C56H36N2S/c1-3-19-46-38(12-1)14-11-23-47(46)41-16-10-17-43(35-41)57(45-31-33-51-52-32-28-39-13-2-4-20-48(39)56(52)59-55(51)36-45)42-29-26-37(27-30-42)40-15-9-18-44(34-40)58-53-24-7-5-21-49(53)50-22-6-8-25-54(50)58/h1-36H. The summed E-state index contributed by atoms with van der Waals surface area (Å²) < 4.78 is 5.01. The van der Waals surface area contributed by atoms with E-state index in [1.54, 1.807) is 0 Å². The van der Waals surface area contributed by atoms with Crippen molar-refractivity contribution in [2.45, 2.75) is 0 Å². The van der Waals surface area contributed by atoms with Crippen LogP contribution in [-0.4, -0.2) is 4.57 Å². The van der Waals surface area contributed by atoms with Crippen LogP contribution in [0.15, 0.2) is 218 Å². The van der Waals surface area contributed by atoms with Crippen molar-refractivity contribution in [3.05, 3.63) is 218 Å². The van der Waals surface area contributed by atoms with E-state index in [0.717, 1.165) is 22.7 Å². The van der Waals surface area contributed by atoms with E-state index in [2.05, 4.69) is 228 Å². The van der Waals surface area contributed by atoms with Crippen LogP contribution in [0.2, 0.25) is 0 Å². The number of benzene rings is 10. The maximum Gasteiger partial charge on any atom is 0.0541 e. The summed E-state index contributed by atoms with van der Waals surface area (Å²) in [4.78, 5) is 2.41. The van der Waals surface area contributed by atoms with Crippen LogP contribution in [0.4, 0.5) is 17.1 Å². The average molecular weight is 769 g/mol. The lowest BCUT2D eigenvalue weighted by atomic mass is 9.97. The summed E-state index contributed by atoms with van der Waals surface area (Å²) in [7, 11) is 0. The number of fused-ring (bicyclic) bond motifs is 9. The van der Waals surface area contributed by atoms with Gasteiger partial charge in [-0.2, -0.15) is 0 Å². The van der Waals surface area contributed by atoms with Crippen LogP contribution in [0, 0.1) is 0 Å². The summed E-state index contributed by atoms with van der Waals surface area (Å²) in [5.41, 5.74) is 11.7. The fourth-order valence-corrected chi connectivity index (χ4v) is 10.5. The van der Waals surface area contributed by atoms with Crippen LogP contribution >= 0.6 is 11.3 Å². The van der Waals surface area contributed by atoms with Gasteiger partial charge in [-0.1, -0.05) is 158 Å². The van der Waals surface area contributed by atoms with E-state index in [4.69, 9.17) is 0 Å². The monoisotopic (exact) mass is 768 g/mol. The smallest absolute Gasteiger partial charge is 0.0541 e. The Morgan fingerprint density at radius 3 is 1.73 bits per heavy atom. The van der Waals surface area contributed by atoms with Gasteiger partial charge in [0.1, 0.15) is 0 Å². The minimum atomic E-state index is 1.10. The normalized spacial score (nSPS) is 11.7. The van der Waals surface area contributed by atoms with E-state index < -0.39 is 0 Å². The summed E-state index contributed by atoms with van der Waals surface area (Å²) in [6, 6.07) is 79.9. The Labute approximate surface area is 346 Å². The molecule has 0 N–H and O–H groups in total. The Morgan fingerprint density at radius 2 is 0.932 bits per heavy atom. The zero-order chi connectivity index (χ0) is 38.9. The molecule has 0 saturated heterocycles. The molecule has 2 nitrogen and oxygen atoms in total. The quantitative estimate of drug-likeness (QED) is 0.164. The molecule has 59 heavy (non-hydrogen) atoms. The first-order chi connectivity index (χ1) is 29.2. The van der Waals surface area contributed by atoms with Gasteiger partial charge in [-0.3, -0.25) is 0 Å². The third-order valence-electron chi connectivity index (χ3n) is 12.0. The number of hydrogen-bond acceptors (Lipinski definition) is 2. The summed E-state index contributed by atoms with van der Waals surface area (Å²) in [5.74, 6) is 0. The second kappa shape index (κ2) is 13.6. The van der Waals surface area contributed by atoms with Crippen molar-refractivity contribution in [2.24, 2.45) is 0 Å². The summed E-state index contributed by atoms with van der Waals surface area (Å²) in [5, 5.41) is 10.2. The number of hydrogen-bond donors (Lipinski definition) is 0. The lowest BCUT2D eigenvalue weighted by molar-refractivity contribution is 1.18. The summed E-state index contributed by atoms with van der Waals surface area (Å²) in [6.45, 7) is 0. The van der Waals surface area contributed by atoms with Crippen molar-refractivity contribution in [3.63, 3.8) is 0 Å². The molecule has 2 aromatic heterocycles. The third kappa shape index (κ3) is 5.55. The molecular weight excluding hydrogens is 733 g/mol. The number of para-hydroxylation sites is 2. The molecule has 0 bridgehead atoms. The summed E-state index contributed by atoms with van der Waals surface area (Å²) >= 11 is 1.89. The zero-order valence-corrected chi connectivity index (χ0v) is 32.9. The number of nitrogens with zero attached hydrogens (tertiary/aromatic N) is 2. The van der Waals surface area contributed by atoms with Crippen LogP contribution < -0.4 is 4.90 Å². The number of aromatic nitrogens is 1. The maximum atomic E-state index is 2.41. The maximum absolute atomic E-state index is 2.41. The van der Waals surface area contributed by atoms with Gasteiger partial charge in [0.05, 0.1) is 11.0 Å². The second-order valence-electron chi connectivity index (χ2n) is 15.3. The van der Waals surface area contributed by atoms with Gasteiger partial charge in [0.25, 0.3) is 0 Å². The van der Waals surface area contributed by atoms with Crippen LogP contribution in [0.5, 0.6) is 0 Å². The van der Waals surface area contributed by atoms with Crippen LogP contribution in [0.1, 0.15) is 0 Å². The highest BCUT2D eigenvalue weighted by Crippen LogP contribution is 2.44. The molecule has 0 aliphatic carbocycles. The Kier molecular flexibility index (Phi) is 7.75. The average Bonchev–Trinajstić information content (AvgIpc) is 3.85. The number of thiophene rings is 1. The van der Waals surface area contributed by atoms with Crippen molar-refractivity contribution in [1.82, 2.24) is 4.57 Å². The number of rotatable bonds is 6. The Hall–Kier alpha value is -7.46. The van der Waals surface area contributed by atoms with Gasteiger partial charge >= 0.3 is 0 Å². The van der Waals surface area contributed by atoms with E-state index in [-0.39, 0.29) is 0 Å². The molecule has 0 saturated carbocycles. The van der Waals surface area contributed by atoms with E-state index in [1.807, 2.05) is 11.3 Å². The van der Waals surface area contributed by atoms with Crippen LogP contribution in [0.25, 0.3) is 91.5 Å². The molecule has 12 rings (SSSR count). The van der Waals surface area contributed by atoms with Gasteiger partial charge in [-0.15, -0.1) is 11.3 Å². The van der Waals surface area contributed by atoms with Gasteiger partial charge in [-0.05, 0) is 104 Å². The molecule has 0 aliphatic rings. The van der Waals surface area contributed by atoms with E-state index >= 15 is 0 Å². The number of anilines is 3. The van der Waals surface area contributed by atoms with Crippen molar-refractivity contribution >= 4 is 91.9 Å². The zero-order valence-electron chi connectivity index (χ0n) is 32.1. The van der Waals surface area contributed by atoms with Crippen LogP contribution in [-0.2, 0) is 0 Å². The van der Waals surface area contributed by atoms with Gasteiger partial charge in [0.15, 0.2) is 0 Å². The van der Waals surface area contributed by atoms with Crippen molar-refractivity contribution in [1.29, 1.82) is 0 Å². The van der Waals surface area contributed by atoms with Crippen LogP contribution in [0.3, 0.4) is 0 Å². The molecule has 0 amide bonds.